The maximum absolute atomic E-state index is 4.40. The molecule has 0 aliphatic rings. The molecule has 0 atom stereocenters. The Morgan fingerprint density at radius 2 is 2.22 bits per heavy atom. The van der Waals surface area contributed by atoms with Crippen LogP contribution in [-0.2, 0) is 6.54 Å². The van der Waals surface area contributed by atoms with Gasteiger partial charge in [0, 0.05) is 20.4 Å². The van der Waals surface area contributed by atoms with Gasteiger partial charge in [0.2, 0.25) is 5.95 Å². The van der Waals surface area contributed by atoms with Crippen LogP contribution in [0.3, 0.4) is 0 Å². The van der Waals surface area contributed by atoms with Crippen molar-refractivity contribution in [2.24, 2.45) is 0 Å². The van der Waals surface area contributed by atoms with Gasteiger partial charge in [-0.1, -0.05) is 0 Å². The molecule has 3 rings (SSSR count). The fourth-order valence-electron chi connectivity index (χ4n) is 1.68. The molecular formula is C12H11BrN4S. The third-order valence-corrected chi connectivity index (χ3v) is 3.98. The highest BCUT2D eigenvalue weighted by atomic mass is 79.9. The number of rotatable bonds is 3. The number of nitrogens with one attached hydrogen (secondary N) is 1. The minimum absolute atomic E-state index is 0.652. The van der Waals surface area contributed by atoms with E-state index in [-0.39, 0.29) is 0 Å². The Morgan fingerprint density at radius 1 is 1.33 bits per heavy atom. The minimum atomic E-state index is 0.652. The number of nitrogens with zero attached hydrogens (tertiary/aromatic N) is 3. The zero-order chi connectivity index (χ0) is 12.5. The van der Waals surface area contributed by atoms with Gasteiger partial charge in [0.15, 0.2) is 5.65 Å². The molecule has 4 nitrogen and oxygen atoms in total. The third-order valence-electron chi connectivity index (χ3n) is 2.51. The minimum Gasteiger partial charge on any atom is -0.348 e. The first-order chi connectivity index (χ1) is 8.70. The van der Waals surface area contributed by atoms with Crippen LogP contribution in [0.25, 0.3) is 5.65 Å². The zero-order valence-electron chi connectivity index (χ0n) is 9.72. The van der Waals surface area contributed by atoms with Crippen LogP contribution in [0.2, 0.25) is 0 Å². The molecule has 3 aromatic rings. The summed E-state index contributed by atoms with van der Waals surface area (Å²) in [5.74, 6) is 0.652. The Labute approximate surface area is 117 Å². The lowest BCUT2D eigenvalue weighted by molar-refractivity contribution is 0.948. The van der Waals surface area contributed by atoms with Crippen LogP contribution >= 0.6 is 27.3 Å². The van der Waals surface area contributed by atoms with Crippen molar-refractivity contribution >= 4 is 38.9 Å². The molecule has 0 bridgehead atoms. The van der Waals surface area contributed by atoms with E-state index < -0.39 is 0 Å². The third kappa shape index (κ3) is 2.39. The van der Waals surface area contributed by atoms with Crippen molar-refractivity contribution in [3.05, 3.63) is 44.7 Å². The van der Waals surface area contributed by atoms with Crippen molar-refractivity contribution in [3.63, 3.8) is 0 Å². The van der Waals surface area contributed by atoms with Gasteiger partial charge in [-0.05, 0) is 47.1 Å². The van der Waals surface area contributed by atoms with Gasteiger partial charge in [-0.2, -0.15) is 4.98 Å². The van der Waals surface area contributed by atoms with Gasteiger partial charge < -0.3 is 5.32 Å². The molecule has 3 aromatic heterocycles. The molecule has 0 saturated carbocycles. The van der Waals surface area contributed by atoms with Gasteiger partial charge in [-0.3, -0.25) is 0 Å². The van der Waals surface area contributed by atoms with Gasteiger partial charge in [-0.25, -0.2) is 4.52 Å². The second-order valence-electron chi connectivity index (χ2n) is 3.95. The van der Waals surface area contributed by atoms with Gasteiger partial charge in [0.1, 0.15) is 0 Å². The topological polar surface area (TPSA) is 42.2 Å². The van der Waals surface area contributed by atoms with Crippen molar-refractivity contribution in [1.82, 2.24) is 14.6 Å². The average molecular weight is 323 g/mol. The fourth-order valence-corrected chi connectivity index (χ4v) is 2.84. The smallest absolute Gasteiger partial charge is 0.243 e. The van der Waals surface area contributed by atoms with Gasteiger partial charge in [-0.15, -0.1) is 16.4 Å². The lowest BCUT2D eigenvalue weighted by atomic mass is 10.4. The number of hydrogen-bond donors (Lipinski definition) is 1. The SMILES string of the molecule is Cc1ccc(CNc2nc3ccc(Br)cn3n2)s1. The number of halogens is 1. The molecule has 0 radical (unpaired) electrons. The van der Waals surface area contributed by atoms with Crippen LogP contribution in [0.5, 0.6) is 0 Å². The second kappa shape index (κ2) is 4.70. The largest absolute Gasteiger partial charge is 0.348 e. The van der Waals surface area contributed by atoms with Crippen LogP contribution in [0, 0.1) is 6.92 Å². The number of aryl methyl sites for hydroxylation is 1. The van der Waals surface area contributed by atoms with E-state index in [2.05, 4.69) is 50.4 Å². The quantitative estimate of drug-likeness (QED) is 0.802. The highest BCUT2D eigenvalue weighted by molar-refractivity contribution is 9.10. The first-order valence-corrected chi connectivity index (χ1v) is 7.13. The van der Waals surface area contributed by atoms with Gasteiger partial charge in [0.25, 0.3) is 0 Å². The highest BCUT2D eigenvalue weighted by Gasteiger charge is 2.04. The summed E-state index contributed by atoms with van der Waals surface area (Å²) in [6.07, 6.45) is 1.89. The Hall–Kier alpha value is -1.40. The maximum Gasteiger partial charge on any atom is 0.243 e. The lowest BCUT2D eigenvalue weighted by Gasteiger charge is -1.97. The number of fused-ring (bicyclic) bond motifs is 1. The zero-order valence-corrected chi connectivity index (χ0v) is 12.1. The highest BCUT2D eigenvalue weighted by Crippen LogP contribution is 2.17. The molecule has 92 valence electrons. The summed E-state index contributed by atoms with van der Waals surface area (Å²) >= 11 is 5.20. The van der Waals surface area contributed by atoms with Crippen molar-refractivity contribution in [1.29, 1.82) is 0 Å². The number of aromatic nitrogens is 3. The van der Waals surface area contributed by atoms with Crippen LogP contribution in [0.1, 0.15) is 9.75 Å². The van der Waals surface area contributed by atoms with E-state index in [0.717, 1.165) is 16.7 Å². The molecule has 18 heavy (non-hydrogen) atoms. The Morgan fingerprint density at radius 3 is 3.00 bits per heavy atom. The molecule has 0 amide bonds. The van der Waals surface area contributed by atoms with Crippen molar-refractivity contribution in [2.45, 2.75) is 13.5 Å². The number of anilines is 1. The van der Waals surface area contributed by atoms with Crippen molar-refractivity contribution < 1.29 is 0 Å². The Kier molecular flexibility index (Phi) is 3.05. The summed E-state index contributed by atoms with van der Waals surface area (Å²) in [6.45, 7) is 2.87. The molecule has 0 spiro atoms. The summed E-state index contributed by atoms with van der Waals surface area (Å²) in [5, 5.41) is 7.60. The van der Waals surface area contributed by atoms with E-state index in [1.165, 1.54) is 9.75 Å². The molecule has 0 aromatic carbocycles. The van der Waals surface area contributed by atoms with E-state index >= 15 is 0 Å². The lowest BCUT2D eigenvalue weighted by Crippen LogP contribution is -1.99. The van der Waals surface area contributed by atoms with E-state index in [9.17, 15) is 0 Å². The summed E-state index contributed by atoms with van der Waals surface area (Å²) < 4.78 is 2.74. The van der Waals surface area contributed by atoms with Crippen molar-refractivity contribution in [3.8, 4) is 0 Å². The molecule has 0 saturated heterocycles. The molecule has 1 N–H and O–H groups in total. The Balaban J connectivity index is 1.78. The summed E-state index contributed by atoms with van der Waals surface area (Å²) in [6, 6.07) is 8.13. The Bertz CT molecular complexity index is 688. The van der Waals surface area contributed by atoms with Gasteiger partial charge in [0.05, 0.1) is 6.54 Å². The maximum atomic E-state index is 4.40. The molecule has 0 fully saturated rings. The molecule has 0 unspecified atom stereocenters. The standard InChI is InChI=1S/C12H11BrN4S/c1-8-2-4-10(18-8)6-14-12-15-11-5-3-9(13)7-17(11)16-12/h2-5,7H,6H2,1H3,(H,14,16). The summed E-state index contributed by atoms with van der Waals surface area (Å²) in [4.78, 5) is 7.00. The normalized spacial score (nSPS) is 11.0. The van der Waals surface area contributed by atoms with Crippen LogP contribution < -0.4 is 5.32 Å². The van der Waals surface area contributed by atoms with Crippen LogP contribution in [0.4, 0.5) is 5.95 Å². The summed E-state index contributed by atoms with van der Waals surface area (Å²) in [5.41, 5.74) is 0.836. The number of hydrogen-bond acceptors (Lipinski definition) is 4. The molecule has 3 heterocycles. The fraction of sp³-hybridized carbons (Fsp3) is 0.167. The van der Waals surface area contributed by atoms with E-state index in [4.69, 9.17) is 0 Å². The molecule has 0 aliphatic heterocycles. The van der Waals surface area contributed by atoms with Crippen LogP contribution in [0.15, 0.2) is 34.9 Å². The number of thiophene rings is 1. The number of pyridine rings is 1. The van der Waals surface area contributed by atoms with E-state index in [1.54, 1.807) is 15.9 Å². The predicted molar refractivity (Wildman–Crippen MR) is 77.1 cm³/mol. The first-order valence-electron chi connectivity index (χ1n) is 5.52. The molecular weight excluding hydrogens is 312 g/mol. The van der Waals surface area contributed by atoms with E-state index in [0.29, 0.717) is 5.95 Å². The average Bonchev–Trinajstić information content (AvgIpc) is 2.92. The first kappa shape index (κ1) is 11.7. The van der Waals surface area contributed by atoms with Crippen molar-refractivity contribution in [2.75, 3.05) is 5.32 Å². The second-order valence-corrected chi connectivity index (χ2v) is 6.24. The van der Waals surface area contributed by atoms with Crippen LogP contribution in [-0.4, -0.2) is 14.6 Å². The summed E-state index contributed by atoms with van der Waals surface area (Å²) in [7, 11) is 0. The molecule has 6 heteroatoms. The predicted octanol–water partition coefficient (Wildman–Crippen LogP) is 3.47. The monoisotopic (exact) mass is 322 g/mol. The van der Waals surface area contributed by atoms with E-state index in [1.807, 2.05) is 18.3 Å². The molecule has 0 aliphatic carbocycles. The van der Waals surface area contributed by atoms with Gasteiger partial charge >= 0.3 is 0 Å².